The van der Waals surface area contributed by atoms with Gasteiger partial charge in [-0.25, -0.2) is 4.79 Å². The zero-order valence-corrected chi connectivity index (χ0v) is 13.7. The third kappa shape index (κ3) is 3.79. The second-order valence-corrected chi connectivity index (χ2v) is 5.85. The number of nitrogen functional groups attached to an aromatic ring is 1. The number of carbonyl (C=O) groups is 1. The first kappa shape index (κ1) is 16.2. The van der Waals surface area contributed by atoms with Gasteiger partial charge in [-0.05, 0) is 56.0 Å². The summed E-state index contributed by atoms with van der Waals surface area (Å²) in [5.41, 5.74) is 6.62. The van der Waals surface area contributed by atoms with Crippen molar-refractivity contribution in [2.24, 2.45) is 0 Å². The van der Waals surface area contributed by atoms with Crippen LogP contribution in [0, 0.1) is 0 Å². The fraction of sp³-hybridized carbons (Fsp3) is 0.316. The average molecular weight is 327 g/mol. The molecule has 1 saturated carbocycles. The maximum Gasteiger partial charge on any atom is 0.343 e. The van der Waals surface area contributed by atoms with Gasteiger partial charge >= 0.3 is 5.97 Å². The van der Waals surface area contributed by atoms with Crippen LogP contribution in [-0.4, -0.2) is 19.2 Å². The number of benzene rings is 2. The van der Waals surface area contributed by atoms with Crippen molar-refractivity contribution in [2.75, 3.05) is 12.8 Å². The number of rotatable bonds is 5. The molecule has 0 atom stereocenters. The first-order chi connectivity index (χ1) is 11.7. The molecule has 5 heteroatoms. The SMILES string of the molecule is COc1ccc(OC(=O)c2cccc(N)c2)cc1OC1CCCC1. The Morgan fingerprint density at radius 3 is 2.58 bits per heavy atom. The summed E-state index contributed by atoms with van der Waals surface area (Å²) in [7, 11) is 1.59. The Kier molecular flexibility index (Phi) is 4.89. The normalized spacial score (nSPS) is 14.4. The molecule has 1 aliphatic rings. The molecule has 0 aliphatic heterocycles. The smallest absolute Gasteiger partial charge is 0.343 e. The van der Waals surface area contributed by atoms with Crippen molar-refractivity contribution in [2.45, 2.75) is 31.8 Å². The average Bonchev–Trinajstić information content (AvgIpc) is 3.08. The summed E-state index contributed by atoms with van der Waals surface area (Å²) < 4.78 is 16.8. The molecule has 1 fully saturated rings. The van der Waals surface area contributed by atoms with E-state index in [1.165, 1.54) is 12.8 Å². The first-order valence-electron chi connectivity index (χ1n) is 8.08. The second-order valence-electron chi connectivity index (χ2n) is 5.85. The lowest BCUT2D eigenvalue weighted by molar-refractivity contribution is 0.0734. The largest absolute Gasteiger partial charge is 0.493 e. The zero-order valence-electron chi connectivity index (χ0n) is 13.7. The lowest BCUT2D eigenvalue weighted by Gasteiger charge is -2.16. The molecular formula is C19H21NO4. The third-order valence-corrected chi connectivity index (χ3v) is 4.06. The number of hydrogen-bond donors (Lipinski definition) is 1. The van der Waals surface area contributed by atoms with Crippen LogP contribution in [0.2, 0.25) is 0 Å². The molecule has 5 nitrogen and oxygen atoms in total. The van der Waals surface area contributed by atoms with Gasteiger partial charge in [-0.1, -0.05) is 6.07 Å². The van der Waals surface area contributed by atoms with E-state index in [1.54, 1.807) is 49.6 Å². The summed E-state index contributed by atoms with van der Waals surface area (Å²) in [5.74, 6) is 1.18. The predicted molar refractivity (Wildman–Crippen MR) is 91.7 cm³/mol. The van der Waals surface area contributed by atoms with Crippen LogP contribution >= 0.6 is 0 Å². The number of methoxy groups -OCH3 is 1. The first-order valence-corrected chi connectivity index (χ1v) is 8.08. The maximum absolute atomic E-state index is 12.2. The van der Waals surface area contributed by atoms with Crippen molar-refractivity contribution in [1.82, 2.24) is 0 Å². The molecular weight excluding hydrogens is 306 g/mol. The van der Waals surface area contributed by atoms with Crippen molar-refractivity contribution in [3.8, 4) is 17.2 Å². The predicted octanol–water partition coefficient (Wildman–Crippen LogP) is 3.82. The van der Waals surface area contributed by atoms with Crippen LogP contribution < -0.4 is 19.9 Å². The number of carbonyl (C=O) groups excluding carboxylic acids is 1. The molecule has 2 N–H and O–H groups in total. The van der Waals surface area contributed by atoms with E-state index >= 15 is 0 Å². The summed E-state index contributed by atoms with van der Waals surface area (Å²) in [5, 5.41) is 0. The lowest BCUT2D eigenvalue weighted by Crippen LogP contribution is -2.12. The lowest BCUT2D eigenvalue weighted by atomic mass is 10.2. The van der Waals surface area contributed by atoms with Crippen LogP contribution in [0.15, 0.2) is 42.5 Å². The van der Waals surface area contributed by atoms with Gasteiger partial charge in [0.15, 0.2) is 11.5 Å². The van der Waals surface area contributed by atoms with Crippen molar-refractivity contribution < 1.29 is 19.0 Å². The number of hydrogen-bond acceptors (Lipinski definition) is 5. The molecule has 0 spiro atoms. The molecule has 0 saturated heterocycles. The van der Waals surface area contributed by atoms with Gasteiger partial charge in [0.2, 0.25) is 0 Å². The molecule has 0 radical (unpaired) electrons. The molecule has 126 valence electrons. The van der Waals surface area contributed by atoms with Crippen molar-refractivity contribution >= 4 is 11.7 Å². The third-order valence-electron chi connectivity index (χ3n) is 4.06. The van der Waals surface area contributed by atoms with E-state index in [0.717, 1.165) is 12.8 Å². The molecule has 0 bridgehead atoms. The summed E-state index contributed by atoms with van der Waals surface area (Å²) in [6.07, 6.45) is 4.62. The van der Waals surface area contributed by atoms with E-state index < -0.39 is 5.97 Å². The van der Waals surface area contributed by atoms with E-state index in [-0.39, 0.29) is 6.10 Å². The highest BCUT2D eigenvalue weighted by Crippen LogP contribution is 2.34. The highest BCUT2D eigenvalue weighted by Gasteiger charge is 2.19. The molecule has 0 aromatic heterocycles. The van der Waals surface area contributed by atoms with Gasteiger partial charge in [0.1, 0.15) is 5.75 Å². The topological polar surface area (TPSA) is 70.8 Å². The summed E-state index contributed by atoms with van der Waals surface area (Å²) in [6.45, 7) is 0. The minimum absolute atomic E-state index is 0.193. The van der Waals surface area contributed by atoms with Gasteiger partial charge in [0.05, 0.1) is 18.8 Å². The fourth-order valence-electron chi connectivity index (χ4n) is 2.83. The standard InChI is InChI=1S/C19H21NO4/c1-22-17-10-9-16(12-18(17)23-15-7-2-3-8-15)24-19(21)13-5-4-6-14(20)11-13/h4-6,9-12,15H,2-3,7-8,20H2,1H3. The summed E-state index contributed by atoms with van der Waals surface area (Å²) in [4.78, 5) is 12.2. The van der Waals surface area contributed by atoms with Crippen molar-refractivity contribution in [3.63, 3.8) is 0 Å². The van der Waals surface area contributed by atoms with Crippen LogP contribution in [0.1, 0.15) is 36.0 Å². The quantitative estimate of drug-likeness (QED) is 0.513. The number of esters is 1. The minimum atomic E-state index is -0.459. The number of nitrogens with two attached hydrogens (primary N) is 1. The van der Waals surface area contributed by atoms with Gasteiger partial charge in [0, 0.05) is 11.8 Å². The molecule has 2 aromatic rings. The Morgan fingerprint density at radius 2 is 1.88 bits per heavy atom. The molecule has 3 rings (SSSR count). The monoisotopic (exact) mass is 327 g/mol. The highest BCUT2D eigenvalue weighted by molar-refractivity contribution is 5.92. The highest BCUT2D eigenvalue weighted by atomic mass is 16.5. The van der Waals surface area contributed by atoms with Crippen LogP contribution in [0.25, 0.3) is 0 Å². The molecule has 1 aliphatic carbocycles. The van der Waals surface area contributed by atoms with Crippen LogP contribution in [0.4, 0.5) is 5.69 Å². The van der Waals surface area contributed by atoms with E-state index in [0.29, 0.717) is 28.5 Å². The van der Waals surface area contributed by atoms with Crippen LogP contribution in [0.3, 0.4) is 0 Å². The molecule has 0 amide bonds. The van der Waals surface area contributed by atoms with E-state index in [4.69, 9.17) is 19.9 Å². The minimum Gasteiger partial charge on any atom is -0.493 e. The molecule has 24 heavy (non-hydrogen) atoms. The number of anilines is 1. The Morgan fingerprint density at radius 1 is 1.08 bits per heavy atom. The van der Waals surface area contributed by atoms with Gasteiger partial charge in [-0.2, -0.15) is 0 Å². The van der Waals surface area contributed by atoms with Gasteiger partial charge < -0.3 is 19.9 Å². The summed E-state index contributed by atoms with van der Waals surface area (Å²) >= 11 is 0. The Labute approximate surface area is 141 Å². The van der Waals surface area contributed by atoms with Gasteiger partial charge in [-0.3, -0.25) is 0 Å². The van der Waals surface area contributed by atoms with E-state index in [1.807, 2.05) is 0 Å². The zero-order chi connectivity index (χ0) is 16.9. The van der Waals surface area contributed by atoms with E-state index in [2.05, 4.69) is 0 Å². The maximum atomic E-state index is 12.2. The fourth-order valence-corrected chi connectivity index (χ4v) is 2.83. The summed E-state index contributed by atoms with van der Waals surface area (Å²) in [6, 6.07) is 11.8. The number of ether oxygens (including phenoxy) is 3. The molecule has 0 unspecified atom stereocenters. The van der Waals surface area contributed by atoms with Gasteiger partial charge in [0.25, 0.3) is 0 Å². The Hall–Kier alpha value is -2.69. The van der Waals surface area contributed by atoms with Gasteiger partial charge in [-0.15, -0.1) is 0 Å². The Balaban J connectivity index is 1.76. The van der Waals surface area contributed by atoms with Crippen LogP contribution in [0.5, 0.6) is 17.2 Å². The van der Waals surface area contributed by atoms with Crippen molar-refractivity contribution in [1.29, 1.82) is 0 Å². The molecule has 2 aromatic carbocycles. The van der Waals surface area contributed by atoms with Crippen molar-refractivity contribution in [3.05, 3.63) is 48.0 Å². The van der Waals surface area contributed by atoms with Crippen LogP contribution in [-0.2, 0) is 0 Å². The Bertz CT molecular complexity index is 723. The second kappa shape index (κ2) is 7.25. The molecule has 0 heterocycles. The van der Waals surface area contributed by atoms with E-state index in [9.17, 15) is 4.79 Å².